The maximum absolute atomic E-state index is 12.2. The van der Waals surface area contributed by atoms with E-state index in [2.05, 4.69) is 9.62 Å². The highest BCUT2D eigenvalue weighted by molar-refractivity contribution is 7.89. The predicted octanol–water partition coefficient (Wildman–Crippen LogP) is 0.905. The predicted molar refractivity (Wildman–Crippen MR) is 81.0 cm³/mol. The molecule has 0 amide bonds. The molecule has 0 bridgehead atoms. The van der Waals surface area contributed by atoms with E-state index in [1.54, 1.807) is 0 Å². The van der Waals surface area contributed by atoms with Crippen molar-refractivity contribution >= 4 is 15.7 Å². The van der Waals surface area contributed by atoms with Crippen LogP contribution in [-0.4, -0.2) is 39.5 Å². The smallest absolute Gasteiger partial charge is 0.242 e. The molecule has 2 rings (SSSR count). The lowest BCUT2D eigenvalue weighted by Crippen LogP contribution is -2.29. The summed E-state index contributed by atoms with van der Waals surface area (Å²) in [4.78, 5) is 2.37. The molecule has 114 valence electrons. The Labute approximate surface area is 125 Å². The van der Waals surface area contributed by atoms with E-state index in [4.69, 9.17) is 11.0 Å². The summed E-state index contributed by atoms with van der Waals surface area (Å²) in [6.45, 7) is 3.51. The van der Waals surface area contributed by atoms with Crippen LogP contribution in [0.5, 0.6) is 0 Å². The molecule has 0 saturated carbocycles. The first-order valence-corrected chi connectivity index (χ1v) is 8.53. The van der Waals surface area contributed by atoms with Gasteiger partial charge < -0.3 is 10.6 Å². The molecule has 1 aromatic carbocycles. The third-order valence-corrected chi connectivity index (χ3v) is 5.11. The van der Waals surface area contributed by atoms with Gasteiger partial charge in [-0.1, -0.05) is 0 Å². The van der Waals surface area contributed by atoms with Crippen LogP contribution in [0.4, 0.5) is 5.69 Å². The third kappa shape index (κ3) is 4.17. The van der Waals surface area contributed by atoms with E-state index in [9.17, 15) is 8.42 Å². The van der Waals surface area contributed by atoms with Crippen LogP contribution in [0.3, 0.4) is 0 Å². The number of sulfonamides is 1. The summed E-state index contributed by atoms with van der Waals surface area (Å²) in [6, 6.07) is 6.13. The molecular formula is C14H20N4O2S. The molecule has 1 aliphatic rings. The minimum absolute atomic E-state index is 0.0303. The van der Waals surface area contributed by atoms with Crippen molar-refractivity contribution in [3.05, 3.63) is 23.8 Å². The van der Waals surface area contributed by atoms with E-state index in [-0.39, 0.29) is 10.6 Å². The number of nitrogens with zero attached hydrogens (tertiary/aromatic N) is 2. The van der Waals surface area contributed by atoms with Crippen molar-refractivity contribution in [2.45, 2.75) is 24.2 Å². The molecule has 1 fully saturated rings. The standard InChI is InChI=1S/C14H20N4O2S/c15-11-12-4-5-14(13(16)10-12)21(19,20)17-6-3-9-18-7-1-2-8-18/h4-5,10,17H,1-3,6-9,16H2. The van der Waals surface area contributed by atoms with Crippen LogP contribution in [0.15, 0.2) is 23.1 Å². The lowest BCUT2D eigenvalue weighted by molar-refractivity contribution is 0.334. The third-order valence-electron chi connectivity index (χ3n) is 3.57. The van der Waals surface area contributed by atoms with Gasteiger partial charge in [-0.05, 0) is 57.1 Å². The summed E-state index contributed by atoms with van der Waals surface area (Å²) in [7, 11) is -3.61. The van der Waals surface area contributed by atoms with Gasteiger partial charge in [0.1, 0.15) is 4.90 Å². The molecule has 6 nitrogen and oxygen atoms in total. The van der Waals surface area contributed by atoms with Gasteiger partial charge in [-0.3, -0.25) is 0 Å². The SMILES string of the molecule is N#Cc1ccc(S(=O)(=O)NCCCN2CCCC2)c(N)c1. The Morgan fingerprint density at radius 3 is 2.67 bits per heavy atom. The Bertz CT molecular complexity index is 631. The topological polar surface area (TPSA) is 99.2 Å². The molecule has 1 heterocycles. The zero-order chi connectivity index (χ0) is 15.3. The van der Waals surface area contributed by atoms with Crippen LogP contribution >= 0.6 is 0 Å². The van der Waals surface area contributed by atoms with Crippen molar-refractivity contribution < 1.29 is 8.42 Å². The van der Waals surface area contributed by atoms with Crippen molar-refractivity contribution in [2.75, 3.05) is 31.9 Å². The average Bonchev–Trinajstić information content (AvgIpc) is 2.96. The second-order valence-electron chi connectivity index (χ2n) is 5.16. The van der Waals surface area contributed by atoms with Crippen molar-refractivity contribution in [2.24, 2.45) is 0 Å². The number of rotatable bonds is 6. The summed E-state index contributed by atoms with van der Waals surface area (Å²) in [5.74, 6) is 0. The molecule has 0 unspecified atom stereocenters. The van der Waals surface area contributed by atoms with E-state index in [0.717, 1.165) is 26.1 Å². The van der Waals surface area contributed by atoms with E-state index < -0.39 is 10.0 Å². The fraction of sp³-hybridized carbons (Fsp3) is 0.500. The number of benzene rings is 1. The first-order valence-electron chi connectivity index (χ1n) is 7.04. The second-order valence-corrected chi connectivity index (χ2v) is 6.90. The van der Waals surface area contributed by atoms with Crippen LogP contribution in [0.2, 0.25) is 0 Å². The van der Waals surface area contributed by atoms with Gasteiger partial charge in [-0.25, -0.2) is 13.1 Å². The highest BCUT2D eigenvalue weighted by Crippen LogP contribution is 2.19. The molecule has 21 heavy (non-hydrogen) atoms. The first kappa shape index (κ1) is 15.8. The second kappa shape index (κ2) is 6.89. The van der Waals surface area contributed by atoms with Crippen LogP contribution < -0.4 is 10.5 Å². The molecule has 1 saturated heterocycles. The summed E-state index contributed by atoms with van der Waals surface area (Å²) in [5, 5.41) is 8.76. The molecule has 0 radical (unpaired) electrons. The Kier molecular flexibility index (Phi) is 5.17. The number of nitrogens with one attached hydrogen (secondary N) is 1. The molecule has 0 spiro atoms. The fourth-order valence-electron chi connectivity index (χ4n) is 2.46. The van der Waals surface area contributed by atoms with E-state index in [1.165, 1.54) is 31.0 Å². The minimum Gasteiger partial charge on any atom is -0.398 e. The molecule has 1 aromatic rings. The number of hydrogen-bond acceptors (Lipinski definition) is 5. The molecule has 7 heteroatoms. The number of nitrogens with two attached hydrogens (primary N) is 1. The van der Waals surface area contributed by atoms with Crippen LogP contribution in [-0.2, 0) is 10.0 Å². The highest BCUT2D eigenvalue weighted by atomic mass is 32.2. The molecule has 0 aliphatic carbocycles. The summed E-state index contributed by atoms with van der Waals surface area (Å²) < 4.78 is 26.9. The maximum Gasteiger partial charge on any atom is 0.242 e. The largest absolute Gasteiger partial charge is 0.398 e. The lowest BCUT2D eigenvalue weighted by Gasteiger charge is -2.14. The average molecular weight is 308 g/mol. The normalized spacial score (nSPS) is 16.0. The Hall–Kier alpha value is -1.62. The van der Waals surface area contributed by atoms with Crippen molar-refractivity contribution in [3.63, 3.8) is 0 Å². The zero-order valence-electron chi connectivity index (χ0n) is 11.9. The minimum atomic E-state index is -3.61. The van der Waals surface area contributed by atoms with Gasteiger partial charge in [0.05, 0.1) is 17.3 Å². The zero-order valence-corrected chi connectivity index (χ0v) is 12.7. The maximum atomic E-state index is 12.2. The number of nitriles is 1. The summed E-state index contributed by atoms with van der Waals surface area (Å²) >= 11 is 0. The number of hydrogen-bond donors (Lipinski definition) is 2. The molecule has 0 aromatic heterocycles. The Morgan fingerprint density at radius 2 is 2.05 bits per heavy atom. The highest BCUT2D eigenvalue weighted by Gasteiger charge is 2.17. The molecule has 1 aliphatic heterocycles. The van der Waals surface area contributed by atoms with Gasteiger partial charge in [0, 0.05) is 6.54 Å². The van der Waals surface area contributed by atoms with Gasteiger partial charge in [0.15, 0.2) is 0 Å². The van der Waals surface area contributed by atoms with Crippen molar-refractivity contribution in [3.8, 4) is 6.07 Å². The van der Waals surface area contributed by atoms with Gasteiger partial charge in [-0.2, -0.15) is 5.26 Å². The molecule has 0 atom stereocenters. The number of anilines is 1. The quantitative estimate of drug-likeness (QED) is 0.601. The Morgan fingerprint density at radius 1 is 1.33 bits per heavy atom. The van der Waals surface area contributed by atoms with E-state index in [0.29, 0.717) is 12.1 Å². The number of nitrogen functional groups attached to an aromatic ring is 1. The van der Waals surface area contributed by atoms with Gasteiger partial charge in [0.25, 0.3) is 0 Å². The summed E-state index contributed by atoms with van der Waals surface area (Å²) in [5.41, 5.74) is 6.15. The van der Waals surface area contributed by atoms with Crippen LogP contribution in [0, 0.1) is 11.3 Å². The number of likely N-dealkylation sites (tertiary alicyclic amines) is 1. The summed E-state index contributed by atoms with van der Waals surface area (Å²) in [6.07, 6.45) is 3.23. The monoisotopic (exact) mass is 308 g/mol. The van der Waals surface area contributed by atoms with Gasteiger partial charge in [-0.15, -0.1) is 0 Å². The lowest BCUT2D eigenvalue weighted by atomic mass is 10.2. The van der Waals surface area contributed by atoms with Gasteiger partial charge >= 0.3 is 0 Å². The van der Waals surface area contributed by atoms with Crippen molar-refractivity contribution in [1.82, 2.24) is 9.62 Å². The van der Waals surface area contributed by atoms with E-state index in [1.807, 2.05) is 6.07 Å². The van der Waals surface area contributed by atoms with E-state index >= 15 is 0 Å². The Balaban J connectivity index is 1.90. The van der Waals surface area contributed by atoms with Crippen LogP contribution in [0.1, 0.15) is 24.8 Å². The van der Waals surface area contributed by atoms with Crippen LogP contribution in [0.25, 0.3) is 0 Å². The molecule has 3 N–H and O–H groups in total. The fourth-order valence-corrected chi connectivity index (χ4v) is 3.64. The van der Waals surface area contributed by atoms with Gasteiger partial charge in [0.2, 0.25) is 10.0 Å². The van der Waals surface area contributed by atoms with Crippen molar-refractivity contribution in [1.29, 1.82) is 5.26 Å². The molecular weight excluding hydrogens is 288 g/mol. The first-order chi connectivity index (χ1) is 10.0.